The Morgan fingerprint density at radius 1 is 0.917 bits per heavy atom. The van der Waals surface area contributed by atoms with E-state index >= 15 is 0 Å². The van der Waals surface area contributed by atoms with Gasteiger partial charge in [-0.2, -0.15) is 0 Å². The van der Waals surface area contributed by atoms with Crippen molar-refractivity contribution in [1.82, 2.24) is 10.2 Å². The minimum atomic E-state index is -0.992. The molecular weight excluding hydrogens is 456 g/mol. The van der Waals surface area contributed by atoms with Crippen molar-refractivity contribution in [1.29, 1.82) is 0 Å². The van der Waals surface area contributed by atoms with Gasteiger partial charge in [0.15, 0.2) is 0 Å². The largest absolute Gasteiger partial charge is 0.489 e. The van der Waals surface area contributed by atoms with Gasteiger partial charge in [-0.3, -0.25) is 0 Å². The minimum absolute atomic E-state index is 0.364. The first-order valence-electron chi connectivity index (χ1n) is 12.5. The van der Waals surface area contributed by atoms with Crippen LogP contribution in [0.1, 0.15) is 37.7 Å². The Bertz CT molecular complexity index is 989. The van der Waals surface area contributed by atoms with Gasteiger partial charge in [0, 0.05) is 6.54 Å². The summed E-state index contributed by atoms with van der Waals surface area (Å²) in [6.45, 7) is 5.00. The molecule has 1 amide bonds. The Kier molecular flexibility index (Phi) is 11.1. The monoisotopic (exact) mass is 492 g/mol. The zero-order valence-corrected chi connectivity index (χ0v) is 20.6. The number of benzene rings is 2. The highest BCUT2D eigenvalue weighted by Gasteiger charge is 2.24. The molecule has 3 heterocycles. The summed E-state index contributed by atoms with van der Waals surface area (Å²) < 4.78 is 5.59. The number of fused-ring (bicyclic) bond motifs is 3. The van der Waals surface area contributed by atoms with E-state index in [1.807, 2.05) is 60.7 Å². The predicted octanol–water partition coefficient (Wildman–Crippen LogP) is 5.35. The van der Waals surface area contributed by atoms with Crippen LogP contribution < -0.4 is 10.1 Å². The predicted molar refractivity (Wildman–Crippen MR) is 140 cm³/mol. The van der Waals surface area contributed by atoms with Crippen LogP contribution in [0.15, 0.2) is 84.0 Å². The van der Waals surface area contributed by atoms with E-state index in [-0.39, 0.29) is 0 Å². The van der Waals surface area contributed by atoms with E-state index in [0.29, 0.717) is 18.7 Å². The van der Waals surface area contributed by atoms with Crippen molar-refractivity contribution in [3.05, 3.63) is 89.5 Å². The van der Waals surface area contributed by atoms with Gasteiger partial charge in [-0.1, -0.05) is 54.6 Å². The van der Waals surface area contributed by atoms with E-state index in [9.17, 15) is 9.59 Å². The molecule has 3 aliphatic heterocycles. The summed E-state index contributed by atoms with van der Waals surface area (Å²) in [5.41, 5.74) is 2.35. The third kappa shape index (κ3) is 9.96. The first kappa shape index (κ1) is 27.0. The summed E-state index contributed by atoms with van der Waals surface area (Å²) in [6, 6.07) is 18.9. The number of carbonyl (C=O) groups is 2. The SMILES string of the molecule is C1CN2CCC1CC2.O=C(O)C1=CCCC(COc2ccccc2)=C1.O=C(O)NCc1ccccc1. The average molecular weight is 493 g/mol. The third-order valence-electron chi connectivity index (χ3n) is 6.45. The number of allylic oxidation sites excluding steroid dienone is 1. The molecule has 0 aromatic heterocycles. The standard InChI is InChI=1S/C14H14O3.C8H9NO2.C7H13N/c15-14(16)12-6-4-5-11(9-12)10-17-13-7-2-1-3-8-13;10-8(11)9-6-7-4-2-1-3-5-7;1-4-8-5-2-7(1)3-6-8/h1-3,6-9H,4-5,10H2,(H,15,16);1-5,9H,6H2,(H,10,11);7H,1-6H2. The zero-order valence-electron chi connectivity index (χ0n) is 20.6. The van der Waals surface area contributed by atoms with Crippen molar-refractivity contribution in [3.8, 4) is 5.75 Å². The number of piperidine rings is 3. The first-order chi connectivity index (χ1) is 17.5. The molecule has 0 radical (unpaired) electrons. The molecule has 192 valence electrons. The number of para-hydroxylation sites is 1. The molecule has 0 atom stereocenters. The lowest BCUT2D eigenvalue weighted by Gasteiger charge is -2.38. The van der Waals surface area contributed by atoms with Crippen molar-refractivity contribution in [2.45, 2.75) is 38.6 Å². The van der Waals surface area contributed by atoms with Crippen LogP contribution in [-0.2, 0) is 11.3 Å². The molecule has 3 N–H and O–H groups in total. The molecule has 2 bridgehead atoms. The second kappa shape index (κ2) is 14.7. The van der Waals surface area contributed by atoms with E-state index in [1.165, 1.54) is 38.9 Å². The number of nitrogens with one attached hydrogen (secondary N) is 1. The number of aliphatic carboxylic acids is 1. The highest BCUT2D eigenvalue weighted by molar-refractivity contribution is 5.90. The van der Waals surface area contributed by atoms with Gasteiger partial charge in [0.2, 0.25) is 0 Å². The fourth-order valence-electron chi connectivity index (χ4n) is 4.36. The zero-order chi connectivity index (χ0) is 25.6. The lowest BCUT2D eigenvalue weighted by Crippen LogP contribution is -2.41. The number of nitrogens with zero attached hydrogens (tertiary/aromatic N) is 1. The van der Waals surface area contributed by atoms with E-state index in [4.69, 9.17) is 14.9 Å². The molecule has 36 heavy (non-hydrogen) atoms. The van der Waals surface area contributed by atoms with Crippen molar-refractivity contribution >= 4 is 12.1 Å². The van der Waals surface area contributed by atoms with Crippen LogP contribution in [0, 0.1) is 5.92 Å². The Morgan fingerprint density at radius 2 is 1.53 bits per heavy atom. The second-order valence-electron chi connectivity index (χ2n) is 9.13. The van der Waals surface area contributed by atoms with Crippen LogP contribution in [-0.4, -0.2) is 53.4 Å². The molecule has 7 nitrogen and oxygen atoms in total. The Balaban J connectivity index is 0.000000162. The van der Waals surface area contributed by atoms with E-state index < -0.39 is 12.1 Å². The van der Waals surface area contributed by atoms with Crippen molar-refractivity contribution in [2.24, 2.45) is 5.92 Å². The number of rotatable bonds is 6. The van der Waals surface area contributed by atoms with Crippen LogP contribution in [0.4, 0.5) is 4.79 Å². The number of amides is 1. The molecule has 4 aliphatic rings. The van der Waals surface area contributed by atoms with Crippen LogP contribution in [0.25, 0.3) is 0 Å². The lowest BCUT2D eigenvalue weighted by atomic mass is 9.89. The second-order valence-corrected chi connectivity index (χ2v) is 9.13. The fourth-order valence-corrected chi connectivity index (χ4v) is 4.36. The lowest BCUT2D eigenvalue weighted by molar-refractivity contribution is -0.132. The Hall–Kier alpha value is -3.58. The normalized spacial score (nSPS) is 19.8. The fraction of sp³-hybridized carbons (Fsp3) is 0.379. The quantitative estimate of drug-likeness (QED) is 0.503. The minimum Gasteiger partial charge on any atom is -0.489 e. The highest BCUT2D eigenvalue weighted by atomic mass is 16.5. The molecular formula is C29H36N2O5. The maximum atomic E-state index is 10.8. The summed E-state index contributed by atoms with van der Waals surface area (Å²) in [7, 11) is 0. The van der Waals surface area contributed by atoms with Crippen LogP contribution in [0.5, 0.6) is 5.75 Å². The van der Waals surface area contributed by atoms with Gasteiger partial charge in [0.1, 0.15) is 12.4 Å². The van der Waals surface area contributed by atoms with Crippen molar-refractivity contribution in [2.75, 3.05) is 26.2 Å². The number of ether oxygens (including phenoxy) is 1. The number of carboxylic acids is 1. The molecule has 7 heteroatoms. The van der Waals surface area contributed by atoms with E-state index in [1.54, 1.807) is 12.2 Å². The smallest absolute Gasteiger partial charge is 0.404 e. The number of carboxylic acid groups (broad SMARTS) is 2. The summed E-state index contributed by atoms with van der Waals surface area (Å²) in [6.07, 6.45) is 8.55. The number of hydrogen-bond acceptors (Lipinski definition) is 4. The summed E-state index contributed by atoms with van der Waals surface area (Å²) in [4.78, 5) is 23.5. The third-order valence-corrected chi connectivity index (χ3v) is 6.45. The summed E-state index contributed by atoms with van der Waals surface area (Å²) in [5.74, 6) is 1.04. The molecule has 0 unspecified atom stereocenters. The molecule has 6 rings (SSSR count). The van der Waals surface area contributed by atoms with Crippen LogP contribution in [0.3, 0.4) is 0 Å². The maximum absolute atomic E-state index is 10.8. The molecule has 2 aromatic carbocycles. The van der Waals surface area contributed by atoms with Crippen LogP contribution in [0.2, 0.25) is 0 Å². The Morgan fingerprint density at radius 3 is 2.03 bits per heavy atom. The average Bonchev–Trinajstić information content (AvgIpc) is 2.94. The van der Waals surface area contributed by atoms with Crippen LogP contribution >= 0.6 is 0 Å². The van der Waals surface area contributed by atoms with Gasteiger partial charge in [0.25, 0.3) is 0 Å². The van der Waals surface area contributed by atoms with Gasteiger partial charge >= 0.3 is 12.1 Å². The van der Waals surface area contributed by atoms with Crippen molar-refractivity contribution < 1.29 is 24.5 Å². The van der Waals surface area contributed by atoms with Crippen molar-refractivity contribution in [3.63, 3.8) is 0 Å². The summed E-state index contributed by atoms with van der Waals surface area (Å²) in [5, 5.41) is 19.4. The van der Waals surface area contributed by atoms with E-state index in [2.05, 4.69) is 10.2 Å². The molecule has 0 spiro atoms. The topological polar surface area (TPSA) is 99.1 Å². The molecule has 1 aliphatic carbocycles. The molecule has 2 aromatic rings. The Labute approximate surface area is 213 Å². The molecule has 3 saturated heterocycles. The van der Waals surface area contributed by atoms with Gasteiger partial charge in [0.05, 0.1) is 5.57 Å². The maximum Gasteiger partial charge on any atom is 0.404 e. The summed E-state index contributed by atoms with van der Waals surface area (Å²) >= 11 is 0. The van der Waals surface area contributed by atoms with Gasteiger partial charge in [-0.25, -0.2) is 9.59 Å². The van der Waals surface area contributed by atoms with E-state index in [0.717, 1.165) is 35.6 Å². The highest BCUT2D eigenvalue weighted by Crippen LogP contribution is 2.26. The number of hydrogen-bond donors (Lipinski definition) is 3. The first-order valence-corrected chi connectivity index (χ1v) is 12.5. The van der Waals surface area contributed by atoms with Gasteiger partial charge < -0.3 is 25.2 Å². The molecule has 0 saturated carbocycles. The van der Waals surface area contributed by atoms with Gasteiger partial charge in [-0.15, -0.1) is 0 Å². The molecule has 3 fully saturated rings. The van der Waals surface area contributed by atoms with Gasteiger partial charge in [-0.05, 0) is 87.0 Å².